The van der Waals surface area contributed by atoms with Gasteiger partial charge in [-0.1, -0.05) is 231 Å². The minimum Gasteiger partial charge on any atom is -0.457 e. The Bertz CT molecular complexity index is 5850. The second-order valence-electron chi connectivity index (χ2n) is 26.0. The van der Waals surface area contributed by atoms with Gasteiger partial charge in [-0.05, 0) is 153 Å². The van der Waals surface area contributed by atoms with E-state index in [1.807, 2.05) is 73.1 Å². The molecule has 2 aliphatic carbocycles. The number of hydrogen-bond donors (Lipinski definition) is 0. The van der Waals surface area contributed by atoms with Gasteiger partial charge in [0.2, 0.25) is 0 Å². The molecule has 20 rings (SSSR count). The number of fused-ring (bicyclic) bond motifs is 18. The summed E-state index contributed by atoms with van der Waals surface area (Å²) in [5.74, 6) is 4.50. The van der Waals surface area contributed by atoms with Gasteiger partial charge in [0.1, 0.15) is 23.0 Å². The lowest BCUT2D eigenvalue weighted by atomic mass is 9.65. The maximum Gasteiger partial charge on any atom is 0.160 e. The highest BCUT2D eigenvalue weighted by atomic mass is 16.5. The molecule has 100 heavy (non-hydrogen) atoms. The third-order valence-corrected chi connectivity index (χ3v) is 20.6. The van der Waals surface area contributed by atoms with Gasteiger partial charge in [0.05, 0.1) is 45.0 Å². The average Bonchev–Trinajstić information content (AvgIpc) is 1.02. The molecule has 0 amide bonds. The van der Waals surface area contributed by atoms with E-state index in [0.717, 1.165) is 135 Å². The Morgan fingerprint density at radius 3 is 1.17 bits per heavy atom. The first-order chi connectivity index (χ1) is 49.5. The number of nitrogens with zero attached hydrogens (tertiary/aromatic N) is 6. The Morgan fingerprint density at radius 1 is 0.210 bits per heavy atom. The van der Waals surface area contributed by atoms with Crippen LogP contribution in [0.5, 0.6) is 23.0 Å². The number of pyridine rings is 2. The monoisotopic (exact) mass is 1280 g/mol. The van der Waals surface area contributed by atoms with Crippen LogP contribution in [0.3, 0.4) is 0 Å². The summed E-state index contributed by atoms with van der Waals surface area (Å²) in [5, 5.41) is 0. The molecule has 4 aliphatic rings. The molecule has 0 atom stereocenters. The molecular formula is C92H56N6O2. The van der Waals surface area contributed by atoms with Crippen LogP contribution < -0.4 is 9.47 Å². The Hall–Kier alpha value is -13.3. The second-order valence-corrected chi connectivity index (χ2v) is 26.0. The van der Waals surface area contributed by atoms with Crippen molar-refractivity contribution >= 4 is 0 Å². The van der Waals surface area contributed by atoms with Gasteiger partial charge in [-0.3, -0.25) is 9.97 Å². The van der Waals surface area contributed by atoms with Gasteiger partial charge in [0.15, 0.2) is 11.6 Å². The lowest BCUT2D eigenvalue weighted by Gasteiger charge is -2.40. The van der Waals surface area contributed by atoms with Crippen LogP contribution in [0.2, 0.25) is 0 Å². The summed E-state index contributed by atoms with van der Waals surface area (Å²) in [5.41, 5.74) is 26.8. The Balaban J connectivity index is 0.696. The van der Waals surface area contributed by atoms with E-state index in [4.69, 9.17) is 39.4 Å². The normalized spacial score (nSPS) is 13.3. The lowest BCUT2D eigenvalue weighted by Crippen LogP contribution is -2.32. The molecule has 6 heterocycles. The number of rotatable bonds is 9. The molecule has 0 saturated heterocycles. The van der Waals surface area contributed by atoms with Crippen molar-refractivity contribution in [3.8, 4) is 147 Å². The van der Waals surface area contributed by atoms with E-state index in [0.29, 0.717) is 11.6 Å². The van der Waals surface area contributed by atoms with Gasteiger partial charge in [-0.2, -0.15) is 0 Å². The molecule has 0 fully saturated rings. The minimum atomic E-state index is -0.770. The Morgan fingerprint density at radius 2 is 0.600 bits per heavy atom. The summed E-state index contributed by atoms with van der Waals surface area (Å²) in [6, 6.07) is 115. The van der Waals surface area contributed by atoms with E-state index in [1.54, 1.807) is 0 Å². The molecule has 0 saturated carbocycles. The molecular weight excluding hydrogens is 1220 g/mol. The zero-order valence-corrected chi connectivity index (χ0v) is 53.8. The van der Waals surface area contributed by atoms with Gasteiger partial charge in [0.25, 0.3) is 0 Å². The van der Waals surface area contributed by atoms with Crippen molar-refractivity contribution in [1.82, 2.24) is 29.9 Å². The Kier molecular flexibility index (Phi) is 12.9. The zero-order chi connectivity index (χ0) is 65.9. The lowest BCUT2D eigenvalue weighted by molar-refractivity contribution is 0.436. The van der Waals surface area contributed by atoms with Crippen LogP contribution in [-0.2, 0) is 10.8 Å². The van der Waals surface area contributed by atoms with E-state index < -0.39 is 10.8 Å². The number of hydrogen-bond acceptors (Lipinski definition) is 8. The van der Waals surface area contributed by atoms with Gasteiger partial charge in [-0.15, -0.1) is 0 Å². The predicted octanol–water partition coefficient (Wildman–Crippen LogP) is 22.0. The van der Waals surface area contributed by atoms with Gasteiger partial charge < -0.3 is 9.47 Å². The van der Waals surface area contributed by atoms with Crippen molar-refractivity contribution in [3.63, 3.8) is 0 Å². The van der Waals surface area contributed by atoms with Gasteiger partial charge in [0, 0.05) is 79.2 Å². The fraction of sp³-hybridized carbons (Fsp3) is 0.0217. The third-order valence-electron chi connectivity index (χ3n) is 20.6. The summed E-state index contributed by atoms with van der Waals surface area (Å²) in [4.78, 5) is 31.5. The summed E-state index contributed by atoms with van der Waals surface area (Å²) in [6.07, 6.45) is 3.80. The number of ether oxygens (including phenoxy) is 2. The van der Waals surface area contributed by atoms with Crippen molar-refractivity contribution in [1.29, 1.82) is 0 Å². The quantitative estimate of drug-likeness (QED) is 0.141. The molecule has 0 N–H and O–H groups in total. The van der Waals surface area contributed by atoms with Crippen molar-refractivity contribution in [2.24, 2.45) is 0 Å². The van der Waals surface area contributed by atoms with Crippen LogP contribution in [-0.4, -0.2) is 29.9 Å². The number of benzene rings is 12. The minimum absolute atomic E-state index is 0.590. The molecule has 16 aromatic rings. The fourth-order valence-electron chi connectivity index (χ4n) is 16.2. The third kappa shape index (κ3) is 8.80. The molecule has 12 aromatic carbocycles. The van der Waals surface area contributed by atoms with Crippen LogP contribution in [0, 0.1) is 0 Å². The first-order valence-electron chi connectivity index (χ1n) is 33.8. The van der Waals surface area contributed by atoms with Crippen LogP contribution in [0.1, 0.15) is 44.5 Å². The van der Waals surface area contributed by atoms with Crippen LogP contribution in [0.25, 0.3) is 124 Å². The topological polar surface area (TPSA) is 95.8 Å². The summed E-state index contributed by atoms with van der Waals surface area (Å²) in [7, 11) is 0. The molecule has 466 valence electrons. The van der Waals surface area contributed by atoms with Gasteiger partial charge >= 0.3 is 0 Å². The van der Waals surface area contributed by atoms with Crippen LogP contribution in [0.15, 0.2) is 340 Å². The molecule has 4 aromatic heterocycles. The van der Waals surface area contributed by atoms with Crippen molar-refractivity contribution in [2.45, 2.75) is 10.8 Å². The highest BCUT2D eigenvalue weighted by Crippen LogP contribution is 2.65. The van der Waals surface area contributed by atoms with E-state index in [2.05, 4.69) is 267 Å². The van der Waals surface area contributed by atoms with Gasteiger partial charge in [-0.25, -0.2) is 19.9 Å². The molecule has 2 spiro atoms. The molecule has 0 radical (unpaired) electrons. The molecule has 0 bridgehead atoms. The second kappa shape index (κ2) is 22.7. The van der Waals surface area contributed by atoms with Crippen molar-refractivity contribution in [3.05, 3.63) is 384 Å². The highest BCUT2D eigenvalue weighted by Gasteiger charge is 2.53. The SMILES string of the molecule is c1ccc(-c2cc(-c3ccc(-c4ccc5c(c4)C4(c6cc(-c7cccc(-c8nc(-c9ccccc9)cc(-c9cccnc9-c9ccc%10c(c9)C9(c%11ccccc%11O%10)c%10ccccc%10-c%10ccccc%109)n8)c7)ccc6O5)c5ccccc5-c5ccccc54)nc3)nc(-c3ccccc3)n2)cc1. The molecule has 8 nitrogen and oxygen atoms in total. The number of para-hydroxylation sites is 1. The molecule has 8 heteroatoms. The largest absolute Gasteiger partial charge is 0.457 e. The molecule has 0 unspecified atom stereocenters. The smallest absolute Gasteiger partial charge is 0.160 e. The number of aromatic nitrogens is 6. The van der Waals surface area contributed by atoms with E-state index in [9.17, 15) is 0 Å². The van der Waals surface area contributed by atoms with Crippen LogP contribution in [0.4, 0.5) is 0 Å². The first kappa shape index (κ1) is 57.0. The summed E-state index contributed by atoms with van der Waals surface area (Å²) in [6.45, 7) is 0. The maximum absolute atomic E-state index is 7.12. The maximum atomic E-state index is 7.12. The summed E-state index contributed by atoms with van der Waals surface area (Å²) >= 11 is 0. The standard InChI is InChI=1S/C92H56N6O2/c1-4-22-57(23-5-1)80-54-82(97-89(95-80)59-26-8-3-9-27-59)65-41-45-79(94-56-65)62-43-47-86-77(52-62)92(73-37-16-12-32-68(73)69-33-13-17-38-74(69)92)76-51-61(42-46-85(76)100-86)60-28-20-29-64(50-60)90-96-81(58-24-6-2-7-25-58)55-83(98-90)70-34-21-49-93-88(70)63-44-48-87-78(53-63)91(75-39-18-19-40-84(75)99-87)71-35-14-10-30-66(71)67-31-11-15-36-72(67)91/h1-56H. The molecule has 2 aliphatic heterocycles. The highest BCUT2D eigenvalue weighted by molar-refractivity contribution is 5.93. The van der Waals surface area contributed by atoms with Crippen molar-refractivity contribution < 1.29 is 9.47 Å². The fourth-order valence-corrected chi connectivity index (χ4v) is 16.2. The Labute approximate surface area is 578 Å². The van der Waals surface area contributed by atoms with E-state index in [-0.39, 0.29) is 0 Å². The predicted molar refractivity (Wildman–Crippen MR) is 397 cm³/mol. The zero-order valence-electron chi connectivity index (χ0n) is 53.8. The van der Waals surface area contributed by atoms with Crippen molar-refractivity contribution in [2.75, 3.05) is 0 Å². The van der Waals surface area contributed by atoms with E-state index in [1.165, 1.54) is 44.5 Å². The van der Waals surface area contributed by atoms with Crippen LogP contribution >= 0.6 is 0 Å². The van der Waals surface area contributed by atoms with E-state index >= 15 is 0 Å². The first-order valence-corrected chi connectivity index (χ1v) is 33.8. The summed E-state index contributed by atoms with van der Waals surface area (Å²) < 4.78 is 14.0. The average molecular weight is 1280 g/mol.